The highest BCUT2D eigenvalue weighted by atomic mass is 16.8. The van der Waals surface area contributed by atoms with Crippen LogP contribution in [-0.2, 0) is 14.2 Å². The highest BCUT2D eigenvalue weighted by molar-refractivity contribution is 5.54. The van der Waals surface area contributed by atoms with Gasteiger partial charge in [0, 0.05) is 6.42 Å². The summed E-state index contributed by atoms with van der Waals surface area (Å²) < 4.78 is 17.6. The SMILES string of the molecule is CCCCC#CC1=C(OC(C)C)C2(OCCO2)C1(O)CCCC. The number of unbranched alkanes of at least 4 members (excludes halogenated alkanes) is 3. The summed E-state index contributed by atoms with van der Waals surface area (Å²) in [5, 5.41) is 11.3. The van der Waals surface area contributed by atoms with Gasteiger partial charge in [-0.1, -0.05) is 45.0 Å². The van der Waals surface area contributed by atoms with Crippen molar-refractivity contribution < 1.29 is 19.3 Å². The lowest BCUT2D eigenvalue weighted by molar-refractivity contribution is -0.280. The summed E-state index contributed by atoms with van der Waals surface area (Å²) in [5.41, 5.74) is -0.541. The molecule has 23 heavy (non-hydrogen) atoms. The molecule has 2 rings (SSSR count). The van der Waals surface area contributed by atoms with Crippen molar-refractivity contribution in [3.8, 4) is 11.8 Å². The molecule has 1 N–H and O–H groups in total. The van der Waals surface area contributed by atoms with Crippen molar-refractivity contribution in [3.63, 3.8) is 0 Å². The molecule has 1 atom stereocenters. The molecule has 130 valence electrons. The van der Waals surface area contributed by atoms with Gasteiger partial charge in [0.1, 0.15) is 0 Å². The van der Waals surface area contributed by atoms with Crippen LogP contribution in [0.3, 0.4) is 0 Å². The third-order valence-corrected chi connectivity index (χ3v) is 4.29. The van der Waals surface area contributed by atoms with Crippen LogP contribution in [0.4, 0.5) is 0 Å². The first-order valence-electron chi connectivity index (χ1n) is 8.93. The maximum absolute atomic E-state index is 11.3. The average molecular weight is 322 g/mol. The number of rotatable bonds is 7. The third kappa shape index (κ3) is 3.28. The Morgan fingerprint density at radius 2 is 1.83 bits per heavy atom. The van der Waals surface area contributed by atoms with Gasteiger partial charge in [0.05, 0.1) is 24.9 Å². The van der Waals surface area contributed by atoms with Crippen LogP contribution in [0.1, 0.15) is 66.2 Å². The summed E-state index contributed by atoms with van der Waals surface area (Å²) in [6.45, 7) is 9.10. The van der Waals surface area contributed by atoms with E-state index >= 15 is 0 Å². The topological polar surface area (TPSA) is 47.9 Å². The lowest BCUT2D eigenvalue weighted by Gasteiger charge is -2.52. The lowest BCUT2D eigenvalue weighted by atomic mass is 9.69. The van der Waals surface area contributed by atoms with Crippen molar-refractivity contribution in [2.45, 2.75) is 83.7 Å². The van der Waals surface area contributed by atoms with Crippen molar-refractivity contribution in [1.82, 2.24) is 0 Å². The van der Waals surface area contributed by atoms with Crippen molar-refractivity contribution in [3.05, 3.63) is 11.3 Å². The Morgan fingerprint density at radius 1 is 1.17 bits per heavy atom. The molecule has 0 aromatic heterocycles. The van der Waals surface area contributed by atoms with Gasteiger partial charge >= 0.3 is 0 Å². The smallest absolute Gasteiger partial charge is 0.264 e. The van der Waals surface area contributed by atoms with Gasteiger partial charge in [0.15, 0.2) is 11.4 Å². The van der Waals surface area contributed by atoms with Gasteiger partial charge in [0.2, 0.25) is 0 Å². The fourth-order valence-electron chi connectivity index (χ4n) is 3.10. The Bertz CT molecular complexity index is 491. The molecule has 1 spiro atoms. The second-order valence-corrected chi connectivity index (χ2v) is 6.55. The van der Waals surface area contributed by atoms with Gasteiger partial charge in [-0.05, 0) is 26.7 Å². The average Bonchev–Trinajstić information content (AvgIpc) is 3.03. The molecule has 2 aliphatic rings. The molecule has 1 aliphatic carbocycles. The second kappa shape index (κ2) is 7.70. The summed E-state index contributed by atoms with van der Waals surface area (Å²) in [4.78, 5) is 0. The highest BCUT2D eigenvalue weighted by Gasteiger charge is 2.70. The Balaban J connectivity index is 2.35. The molecule has 4 heteroatoms. The van der Waals surface area contributed by atoms with Crippen LogP contribution >= 0.6 is 0 Å². The number of ether oxygens (including phenoxy) is 3. The van der Waals surface area contributed by atoms with Gasteiger partial charge in [-0.3, -0.25) is 0 Å². The molecular weight excluding hydrogens is 292 g/mol. The van der Waals surface area contributed by atoms with E-state index in [1.54, 1.807) is 0 Å². The predicted molar refractivity (Wildman–Crippen MR) is 89.7 cm³/mol. The largest absolute Gasteiger partial charge is 0.488 e. The van der Waals surface area contributed by atoms with E-state index in [0.29, 0.717) is 31.0 Å². The van der Waals surface area contributed by atoms with Crippen LogP contribution in [0.15, 0.2) is 11.3 Å². The number of aliphatic hydroxyl groups is 1. The zero-order valence-electron chi connectivity index (χ0n) is 14.9. The maximum Gasteiger partial charge on any atom is 0.264 e. The van der Waals surface area contributed by atoms with E-state index in [9.17, 15) is 5.11 Å². The van der Waals surface area contributed by atoms with Gasteiger partial charge in [-0.15, -0.1) is 0 Å². The zero-order chi connectivity index (χ0) is 16.9. The maximum atomic E-state index is 11.3. The summed E-state index contributed by atoms with van der Waals surface area (Å²) in [7, 11) is 0. The van der Waals surface area contributed by atoms with Crippen LogP contribution in [0, 0.1) is 11.8 Å². The monoisotopic (exact) mass is 322 g/mol. The van der Waals surface area contributed by atoms with E-state index < -0.39 is 11.4 Å². The molecule has 1 heterocycles. The van der Waals surface area contributed by atoms with Crippen LogP contribution in [0.2, 0.25) is 0 Å². The quantitative estimate of drug-likeness (QED) is 0.575. The molecule has 0 amide bonds. The Hall–Kier alpha value is -1.02. The van der Waals surface area contributed by atoms with Crippen LogP contribution in [0.5, 0.6) is 0 Å². The van der Waals surface area contributed by atoms with E-state index in [0.717, 1.165) is 32.1 Å². The van der Waals surface area contributed by atoms with Crippen molar-refractivity contribution in [1.29, 1.82) is 0 Å². The van der Waals surface area contributed by atoms with E-state index in [-0.39, 0.29) is 6.10 Å². The van der Waals surface area contributed by atoms with E-state index in [1.807, 2.05) is 13.8 Å². The van der Waals surface area contributed by atoms with E-state index in [1.165, 1.54) is 0 Å². The molecule has 0 aromatic carbocycles. The standard InChI is InChI=1S/C19H30O4/c1-5-7-9-10-11-16-17(23-15(3)4)19(21-13-14-22-19)18(16,20)12-8-6-2/h15,20H,5-9,12-14H2,1-4H3. The van der Waals surface area contributed by atoms with Crippen LogP contribution in [-0.4, -0.2) is 35.8 Å². The van der Waals surface area contributed by atoms with Crippen molar-refractivity contribution in [2.24, 2.45) is 0 Å². The minimum atomic E-state index is -1.19. The summed E-state index contributed by atoms with van der Waals surface area (Å²) >= 11 is 0. The van der Waals surface area contributed by atoms with Gasteiger partial charge < -0.3 is 19.3 Å². The minimum Gasteiger partial charge on any atom is -0.488 e. The zero-order valence-corrected chi connectivity index (χ0v) is 14.9. The Labute approximate surface area is 140 Å². The minimum absolute atomic E-state index is 0.0159. The first kappa shape index (κ1) is 18.3. The number of hydrogen-bond donors (Lipinski definition) is 1. The van der Waals surface area contributed by atoms with Crippen molar-refractivity contribution >= 4 is 0 Å². The van der Waals surface area contributed by atoms with Crippen molar-refractivity contribution in [2.75, 3.05) is 13.2 Å². The molecule has 0 bridgehead atoms. The van der Waals surface area contributed by atoms with E-state index in [2.05, 4.69) is 25.7 Å². The molecule has 0 aromatic rings. The summed E-state index contributed by atoms with van der Waals surface area (Å²) in [6.07, 6.45) is 5.44. The first-order valence-corrected chi connectivity index (χ1v) is 8.93. The van der Waals surface area contributed by atoms with Gasteiger partial charge in [0.25, 0.3) is 5.79 Å². The van der Waals surface area contributed by atoms with Gasteiger partial charge in [-0.25, -0.2) is 0 Å². The third-order valence-electron chi connectivity index (χ3n) is 4.29. The fraction of sp³-hybridized carbons (Fsp3) is 0.789. The summed E-state index contributed by atoms with van der Waals surface area (Å²) in [6, 6.07) is 0. The Morgan fingerprint density at radius 3 is 2.39 bits per heavy atom. The molecule has 4 nitrogen and oxygen atoms in total. The van der Waals surface area contributed by atoms with Gasteiger partial charge in [-0.2, -0.15) is 0 Å². The van der Waals surface area contributed by atoms with Crippen LogP contribution < -0.4 is 0 Å². The first-order chi connectivity index (χ1) is 11.0. The molecule has 0 saturated carbocycles. The fourth-order valence-corrected chi connectivity index (χ4v) is 3.10. The normalized spacial score (nSPS) is 25.5. The Kier molecular flexibility index (Phi) is 6.13. The lowest BCUT2D eigenvalue weighted by Crippen LogP contribution is -2.66. The second-order valence-electron chi connectivity index (χ2n) is 6.55. The van der Waals surface area contributed by atoms with E-state index in [4.69, 9.17) is 14.2 Å². The molecular formula is C19H30O4. The molecule has 1 saturated heterocycles. The molecule has 0 radical (unpaired) electrons. The predicted octanol–water partition coefficient (Wildman–Crippen LogP) is 3.54. The summed E-state index contributed by atoms with van der Waals surface area (Å²) in [5.74, 6) is 5.75. The number of hydrogen-bond acceptors (Lipinski definition) is 4. The molecule has 1 fully saturated rings. The molecule has 1 aliphatic heterocycles. The molecule has 1 unspecified atom stereocenters. The highest BCUT2D eigenvalue weighted by Crippen LogP contribution is 2.55. The van der Waals surface area contributed by atoms with Crippen LogP contribution in [0.25, 0.3) is 0 Å².